The van der Waals surface area contributed by atoms with Crippen molar-refractivity contribution in [2.75, 3.05) is 6.61 Å². The average molecular weight is 209 g/mol. The molecule has 0 saturated carbocycles. The van der Waals surface area contributed by atoms with Crippen molar-refractivity contribution in [3.05, 3.63) is 0 Å². The second-order valence-electron chi connectivity index (χ2n) is 3.78. The molecule has 0 aromatic heterocycles. The minimum Gasteiger partial charge on any atom is -0.353 e. The summed E-state index contributed by atoms with van der Waals surface area (Å²) in [4.78, 5) is 0. The van der Waals surface area contributed by atoms with Gasteiger partial charge in [-0.1, -0.05) is 19.3 Å². The van der Waals surface area contributed by atoms with Crippen molar-refractivity contribution in [3.8, 4) is 17.9 Å². The van der Waals surface area contributed by atoms with E-state index in [0.717, 1.165) is 12.8 Å². The molecule has 15 heavy (non-hydrogen) atoms. The average Bonchev–Trinajstić information content (AvgIpc) is 2.14. The first-order valence-corrected chi connectivity index (χ1v) is 5.22. The number of hydrogen-bond acceptors (Lipinski definition) is 3. The van der Waals surface area contributed by atoms with Gasteiger partial charge in [0.25, 0.3) is 0 Å². The molecule has 0 aliphatic rings. The summed E-state index contributed by atoms with van der Waals surface area (Å²) in [7, 11) is 0. The molecule has 3 heteroatoms. The topological polar surface area (TPSA) is 42.2 Å². The van der Waals surface area contributed by atoms with E-state index in [9.17, 15) is 0 Å². The molecule has 0 spiro atoms. The molecule has 0 heterocycles. The summed E-state index contributed by atoms with van der Waals surface area (Å²) < 4.78 is 11.0. The summed E-state index contributed by atoms with van der Waals surface area (Å²) in [6.45, 7) is 8.27. The fraction of sp³-hybridized carbons (Fsp3) is 0.750. The first-order valence-electron chi connectivity index (χ1n) is 5.22. The SMILES string of the molecule is CCCCO[C@H](C)OC(C)(C)C#CC#N. The Hall–Kier alpha value is -1.03. The zero-order valence-electron chi connectivity index (χ0n) is 9.96. The van der Waals surface area contributed by atoms with Crippen molar-refractivity contribution in [2.45, 2.75) is 52.4 Å². The third-order valence-corrected chi connectivity index (χ3v) is 1.73. The van der Waals surface area contributed by atoms with Crippen LogP contribution in [0, 0.1) is 23.2 Å². The molecule has 0 aliphatic carbocycles. The smallest absolute Gasteiger partial charge is 0.156 e. The highest BCUT2D eigenvalue weighted by molar-refractivity contribution is 5.22. The lowest BCUT2D eigenvalue weighted by atomic mass is 10.1. The van der Waals surface area contributed by atoms with Gasteiger partial charge in [-0.05, 0) is 27.2 Å². The number of hydrogen-bond donors (Lipinski definition) is 0. The highest BCUT2D eigenvalue weighted by Crippen LogP contribution is 2.11. The third-order valence-electron chi connectivity index (χ3n) is 1.73. The summed E-state index contributed by atoms with van der Waals surface area (Å²) in [5, 5.41) is 8.33. The van der Waals surface area contributed by atoms with Crippen LogP contribution in [-0.2, 0) is 9.47 Å². The van der Waals surface area contributed by atoms with Crippen molar-refractivity contribution in [3.63, 3.8) is 0 Å². The number of ether oxygens (including phenoxy) is 2. The van der Waals surface area contributed by atoms with Gasteiger partial charge in [-0.15, -0.1) is 0 Å². The van der Waals surface area contributed by atoms with Crippen LogP contribution < -0.4 is 0 Å². The van der Waals surface area contributed by atoms with Crippen LogP contribution in [0.2, 0.25) is 0 Å². The Morgan fingerprint density at radius 1 is 1.40 bits per heavy atom. The minimum atomic E-state index is -0.638. The van der Waals surface area contributed by atoms with Crippen LogP contribution in [0.4, 0.5) is 0 Å². The fourth-order valence-electron chi connectivity index (χ4n) is 1.05. The van der Waals surface area contributed by atoms with Gasteiger partial charge in [-0.2, -0.15) is 5.26 Å². The summed E-state index contributed by atoms with van der Waals surface area (Å²) in [6.07, 6.45) is 1.84. The predicted octanol–water partition coefficient (Wildman–Crippen LogP) is 2.47. The third kappa shape index (κ3) is 8.00. The Morgan fingerprint density at radius 2 is 2.07 bits per heavy atom. The molecule has 0 aliphatic heterocycles. The molecule has 0 N–H and O–H groups in total. The van der Waals surface area contributed by atoms with Crippen molar-refractivity contribution in [1.82, 2.24) is 0 Å². The monoisotopic (exact) mass is 209 g/mol. The van der Waals surface area contributed by atoms with E-state index in [4.69, 9.17) is 14.7 Å². The summed E-state index contributed by atoms with van der Waals surface area (Å²) >= 11 is 0. The van der Waals surface area contributed by atoms with Crippen molar-refractivity contribution in [2.24, 2.45) is 0 Å². The van der Waals surface area contributed by atoms with E-state index in [0.29, 0.717) is 6.61 Å². The first kappa shape index (κ1) is 14.0. The zero-order chi connectivity index (χ0) is 11.7. The Kier molecular flexibility index (Phi) is 6.79. The van der Waals surface area contributed by atoms with E-state index in [1.54, 1.807) is 6.07 Å². The molecule has 0 bridgehead atoms. The van der Waals surface area contributed by atoms with Gasteiger partial charge in [0.05, 0.1) is 0 Å². The van der Waals surface area contributed by atoms with Gasteiger partial charge >= 0.3 is 0 Å². The number of nitrogens with zero attached hydrogens (tertiary/aromatic N) is 1. The van der Waals surface area contributed by atoms with E-state index < -0.39 is 5.60 Å². The normalized spacial score (nSPS) is 12.5. The number of unbranched alkanes of at least 4 members (excludes halogenated alkanes) is 1. The molecule has 84 valence electrons. The molecule has 0 aromatic carbocycles. The summed E-state index contributed by atoms with van der Waals surface area (Å²) in [5.74, 6) is 5.05. The van der Waals surface area contributed by atoms with E-state index in [2.05, 4.69) is 18.8 Å². The lowest BCUT2D eigenvalue weighted by molar-refractivity contribution is -0.172. The van der Waals surface area contributed by atoms with Crippen LogP contribution in [0.25, 0.3) is 0 Å². The molecule has 0 rings (SSSR count). The Morgan fingerprint density at radius 3 is 2.60 bits per heavy atom. The summed E-state index contributed by atoms with van der Waals surface area (Å²) in [6, 6.07) is 1.77. The number of rotatable bonds is 6. The molecule has 0 saturated heterocycles. The minimum absolute atomic E-state index is 0.292. The molecule has 1 atom stereocenters. The lowest BCUT2D eigenvalue weighted by Gasteiger charge is -2.23. The molecular weight excluding hydrogens is 190 g/mol. The fourth-order valence-corrected chi connectivity index (χ4v) is 1.05. The van der Waals surface area contributed by atoms with Crippen LogP contribution >= 0.6 is 0 Å². The molecular formula is C12H19NO2. The van der Waals surface area contributed by atoms with E-state index in [-0.39, 0.29) is 6.29 Å². The van der Waals surface area contributed by atoms with Crippen LogP contribution in [0.5, 0.6) is 0 Å². The van der Waals surface area contributed by atoms with Gasteiger partial charge < -0.3 is 9.47 Å². The first-order chi connectivity index (χ1) is 7.02. The molecule has 0 unspecified atom stereocenters. The van der Waals surface area contributed by atoms with Crippen molar-refractivity contribution in [1.29, 1.82) is 5.26 Å². The van der Waals surface area contributed by atoms with Crippen LogP contribution in [0.15, 0.2) is 0 Å². The maximum Gasteiger partial charge on any atom is 0.156 e. The standard InChI is InChI=1S/C12H19NO2/c1-5-6-10-14-11(2)15-12(3,4)8-7-9-13/h11H,5-6,10H2,1-4H3/t11-/m0/s1. The molecule has 0 radical (unpaired) electrons. The van der Waals surface area contributed by atoms with Gasteiger partial charge in [0.2, 0.25) is 0 Å². The lowest BCUT2D eigenvalue weighted by Crippen LogP contribution is -2.29. The maximum absolute atomic E-state index is 8.33. The Labute approximate surface area is 92.4 Å². The number of nitriles is 1. The Balaban J connectivity index is 3.94. The highest BCUT2D eigenvalue weighted by Gasteiger charge is 2.18. The predicted molar refractivity (Wildman–Crippen MR) is 58.9 cm³/mol. The Bertz CT molecular complexity index is 268. The van der Waals surface area contributed by atoms with Crippen molar-refractivity contribution < 1.29 is 9.47 Å². The van der Waals surface area contributed by atoms with Gasteiger partial charge in [-0.25, -0.2) is 0 Å². The van der Waals surface area contributed by atoms with E-state index >= 15 is 0 Å². The second-order valence-corrected chi connectivity index (χ2v) is 3.78. The molecule has 3 nitrogen and oxygen atoms in total. The van der Waals surface area contributed by atoms with Crippen LogP contribution in [-0.4, -0.2) is 18.5 Å². The molecule has 0 fully saturated rings. The van der Waals surface area contributed by atoms with Gasteiger partial charge in [0.1, 0.15) is 5.60 Å². The molecule has 0 amide bonds. The highest BCUT2D eigenvalue weighted by atomic mass is 16.7. The van der Waals surface area contributed by atoms with Crippen LogP contribution in [0.1, 0.15) is 40.5 Å². The second kappa shape index (κ2) is 7.29. The van der Waals surface area contributed by atoms with E-state index in [1.165, 1.54) is 0 Å². The van der Waals surface area contributed by atoms with Crippen molar-refractivity contribution >= 4 is 0 Å². The zero-order valence-corrected chi connectivity index (χ0v) is 9.96. The van der Waals surface area contributed by atoms with Crippen LogP contribution in [0.3, 0.4) is 0 Å². The summed E-state index contributed by atoms with van der Waals surface area (Å²) in [5.41, 5.74) is -0.638. The van der Waals surface area contributed by atoms with E-state index in [1.807, 2.05) is 20.8 Å². The van der Waals surface area contributed by atoms with Gasteiger partial charge in [0.15, 0.2) is 12.4 Å². The largest absolute Gasteiger partial charge is 0.353 e. The maximum atomic E-state index is 8.33. The van der Waals surface area contributed by atoms with Gasteiger partial charge in [0, 0.05) is 12.5 Å². The molecule has 0 aromatic rings. The quantitative estimate of drug-likeness (QED) is 0.383. The van der Waals surface area contributed by atoms with Gasteiger partial charge in [-0.3, -0.25) is 0 Å².